The minimum Gasteiger partial charge on any atom is -0.392 e. The molecule has 0 saturated heterocycles. The summed E-state index contributed by atoms with van der Waals surface area (Å²) in [6, 6.07) is 0. The van der Waals surface area contributed by atoms with Gasteiger partial charge in [0.2, 0.25) is 0 Å². The molecule has 5 nitrogen and oxygen atoms in total. The van der Waals surface area contributed by atoms with E-state index >= 15 is 0 Å². The highest BCUT2D eigenvalue weighted by Crippen LogP contribution is 2.49. The topological polar surface area (TPSA) is 57.1 Å². The molecule has 0 bridgehead atoms. The van der Waals surface area contributed by atoms with Gasteiger partial charge in [-0.1, -0.05) is 5.16 Å². The van der Waals surface area contributed by atoms with Gasteiger partial charge in [0.15, 0.2) is 0 Å². The molecule has 0 amide bonds. The predicted octanol–water partition coefficient (Wildman–Crippen LogP) is 2.81. The third-order valence-corrected chi connectivity index (χ3v) is 4.37. The zero-order valence-corrected chi connectivity index (χ0v) is 11.0. The molecule has 0 fully saturated rings. The Kier molecular flexibility index (Phi) is 5.46. The summed E-state index contributed by atoms with van der Waals surface area (Å²) in [5.41, 5.74) is 0.979. The van der Waals surface area contributed by atoms with Gasteiger partial charge < -0.3 is 13.9 Å². The van der Waals surface area contributed by atoms with E-state index in [0.717, 1.165) is 12.1 Å². The van der Waals surface area contributed by atoms with Gasteiger partial charge in [0.25, 0.3) is 0 Å². The van der Waals surface area contributed by atoms with Crippen LogP contribution in [0.4, 0.5) is 0 Å². The summed E-state index contributed by atoms with van der Waals surface area (Å²) in [7, 11) is -2.92. The summed E-state index contributed by atoms with van der Waals surface area (Å²) in [6.07, 6.45) is 1.87. The van der Waals surface area contributed by atoms with Crippen LogP contribution in [0.25, 0.3) is 0 Å². The fourth-order valence-electron chi connectivity index (χ4n) is 1.59. The summed E-state index contributed by atoms with van der Waals surface area (Å²) < 4.78 is 22.5. The second kappa shape index (κ2) is 6.38. The molecule has 0 aromatic rings. The molecule has 1 atom stereocenters. The van der Waals surface area contributed by atoms with Crippen LogP contribution < -0.4 is 0 Å². The van der Waals surface area contributed by atoms with E-state index in [1.165, 1.54) is 0 Å². The van der Waals surface area contributed by atoms with E-state index in [1.807, 2.05) is 20.8 Å². The lowest BCUT2D eigenvalue weighted by Gasteiger charge is -2.18. The van der Waals surface area contributed by atoms with Crippen LogP contribution in [0.15, 0.2) is 5.16 Å². The van der Waals surface area contributed by atoms with Crippen LogP contribution in [0.5, 0.6) is 0 Å². The van der Waals surface area contributed by atoms with Crippen molar-refractivity contribution < 1.29 is 18.5 Å². The van der Waals surface area contributed by atoms with Crippen LogP contribution in [0.2, 0.25) is 0 Å². The lowest BCUT2D eigenvalue weighted by atomic mass is 10.1. The van der Waals surface area contributed by atoms with Crippen LogP contribution in [0, 0.1) is 0 Å². The molecule has 1 aliphatic heterocycles. The van der Waals surface area contributed by atoms with Gasteiger partial charge in [-0.3, -0.25) is 4.57 Å². The van der Waals surface area contributed by atoms with E-state index in [4.69, 9.17) is 13.9 Å². The van der Waals surface area contributed by atoms with Gasteiger partial charge in [0.05, 0.1) is 25.1 Å². The van der Waals surface area contributed by atoms with Crippen LogP contribution in [0.3, 0.4) is 0 Å². The van der Waals surface area contributed by atoms with Crippen LogP contribution in [0.1, 0.15) is 33.6 Å². The minimum atomic E-state index is -2.92. The van der Waals surface area contributed by atoms with Gasteiger partial charge in [-0.05, 0) is 27.2 Å². The van der Waals surface area contributed by atoms with E-state index in [2.05, 4.69) is 5.16 Å². The Bertz CT molecular complexity index is 283. The second-order valence-corrected chi connectivity index (χ2v) is 5.90. The summed E-state index contributed by atoms with van der Waals surface area (Å²) in [6.45, 7) is 6.34. The minimum absolute atomic E-state index is 0.0224. The lowest BCUT2D eigenvalue weighted by molar-refractivity contribution is 0.0814. The molecular formula is C10H20NO4P. The molecule has 16 heavy (non-hydrogen) atoms. The first-order valence-corrected chi connectivity index (χ1v) is 7.40. The Morgan fingerprint density at radius 2 is 2.06 bits per heavy atom. The number of oxime groups is 1. The van der Waals surface area contributed by atoms with Crippen LogP contribution >= 0.6 is 7.60 Å². The number of rotatable bonds is 7. The molecule has 1 rings (SSSR count). The first-order valence-electron chi connectivity index (χ1n) is 5.67. The van der Waals surface area contributed by atoms with Crippen molar-refractivity contribution >= 4 is 13.3 Å². The third-order valence-electron chi connectivity index (χ3n) is 2.26. The van der Waals surface area contributed by atoms with E-state index < -0.39 is 7.60 Å². The predicted molar refractivity (Wildman–Crippen MR) is 62.9 cm³/mol. The normalized spacial score (nSPS) is 20.7. The zero-order valence-electron chi connectivity index (χ0n) is 10.1. The molecule has 1 heterocycles. The zero-order chi connectivity index (χ0) is 12.0. The van der Waals surface area contributed by atoms with Crippen LogP contribution in [-0.4, -0.2) is 31.2 Å². The van der Waals surface area contributed by atoms with Crippen molar-refractivity contribution in [2.24, 2.45) is 5.16 Å². The molecule has 0 radical (unpaired) electrons. The molecule has 0 saturated carbocycles. The highest BCUT2D eigenvalue weighted by Gasteiger charge is 2.27. The number of hydrogen-bond donors (Lipinski definition) is 0. The van der Waals surface area contributed by atoms with Crippen molar-refractivity contribution in [2.75, 3.05) is 19.4 Å². The maximum atomic E-state index is 12.1. The highest BCUT2D eigenvalue weighted by molar-refractivity contribution is 7.53. The van der Waals surface area contributed by atoms with Gasteiger partial charge >= 0.3 is 7.60 Å². The van der Waals surface area contributed by atoms with E-state index in [9.17, 15) is 4.57 Å². The Balaban J connectivity index is 2.35. The van der Waals surface area contributed by atoms with Crippen molar-refractivity contribution in [1.29, 1.82) is 0 Å². The highest BCUT2D eigenvalue weighted by atomic mass is 31.2. The molecular weight excluding hydrogens is 229 g/mol. The number of hydrogen-bond acceptors (Lipinski definition) is 5. The van der Waals surface area contributed by atoms with Gasteiger partial charge in [0, 0.05) is 6.42 Å². The molecule has 0 aliphatic carbocycles. The van der Waals surface area contributed by atoms with E-state index in [0.29, 0.717) is 25.8 Å². The molecule has 0 N–H and O–H groups in total. The fourth-order valence-corrected chi connectivity index (χ4v) is 3.31. The molecule has 0 spiro atoms. The quantitative estimate of drug-likeness (QED) is 0.651. The third kappa shape index (κ3) is 4.24. The van der Waals surface area contributed by atoms with E-state index in [-0.39, 0.29) is 6.10 Å². The largest absolute Gasteiger partial charge is 0.392 e. The first-order chi connectivity index (χ1) is 7.59. The van der Waals surface area contributed by atoms with Crippen molar-refractivity contribution in [3.05, 3.63) is 0 Å². The standard InChI is InChI=1S/C10H20NO4P/c1-4-13-16(12,14-5-2)7-6-10-8-9(3)11-15-10/h10H,4-8H2,1-3H3. The SMILES string of the molecule is CCOP(=O)(CCC1CC(C)=NO1)OCC. The smallest absolute Gasteiger partial charge is 0.330 e. The Labute approximate surface area is 96.7 Å². The summed E-state index contributed by atoms with van der Waals surface area (Å²) in [4.78, 5) is 5.17. The molecule has 94 valence electrons. The van der Waals surface area contributed by atoms with Crippen molar-refractivity contribution in [1.82, 2.24) is 0 Å². The maximum absolute atomic E-state index is 12.1. The Hall–Kier alpha value is -0.380. The molecule has 1 aliphatic rings. The van der Waals surface area contributed by atoms with Gasteiger partial charge in [0.1, 0.15) is 6.10 Å². The summed E-state index contributed by atoms with van der Waals surface area (Å²) in [5, 5.41) is 3.86. The lowest BCUT2D eigenvalue weighted by Crippen LogP contribution is -2.11. The molecule has 6 heteroatoms. The first kappa shape index (κ1) is 13.7. The molecule has 0 aromatic heterocycles. The molecule has 0 aromatic carbocycles. The van der Waals surface area contributed by atoms with Crippen molar-refractivity contribution in [3.8, 4) is 0 Å². The Morgan fingerprint density at radius 3 is 2.50 bits per heavy atom. The van der Waals surface area contributed by atoms with Gasteiger partial charge in [-0.25, -0.2) is 0 Å². The molecule has 1 unspecified atom stereocenters. The van der Waals surface area contributed by atoms with Gasteiger partial charge in [-0.2, -0.15) is 0 Å². The Morgan fingerprint density at radius 1 is 1.44 bits per heavy atom. The fraction of sp³-hybridized carbons (Fsp3) is 0.900. The monoisotopic (exact) mass is 249 g/mol. The van der Waals surface area contributed by atoms with Gasteiger partial charge in [-0.15, -0.1) is 0 Å². The average molecular weight is 249 g/mol. The van der Waals surface area contributed by atoms with Crippen molar-refractivity contribution in [3.63, 3.8) is 0 Å². The second-order valence-electron chi connectivity index (χ2n) is 3.72. The van der Waals surface area contributed by atoms with Crippen molar-refractivity contribution in [2.45, 2.75) is 39.7 Å². The maximum Gasteiger partial charge on any atom is 0.330 e. The van der Waals surface area contributed by atoms with E-state index in [1.54, 1.807) is 0 Å². The number of nitrogens with zero attached hydrogens (tertiary/aromatic N) is 1. The van der Waals surface area contributed by atoms with Crippen LogP contribution in [-0.2, 0) is 18.5 Å². The average Bonchev–Trinajstić information content (AvgIpc) is 2.62. The summed E-state index contributed by atoms with van der Waals surface area (Å²) in [5.74, 6) is 0. The summed E-state index contributed by atoms with van der Waals surface area (Å²) >= 11 is 0.